The fourth-order valence-electron chi connectivity index (χ4n) is 0.991. The Morgan fingerprint density at radius 2 is 1.71 bits per heavy atom. The van der Waals surface area contributed by atoms with Crippen LogP contribution in [0.1, 0.15) is 33.6 Å². The van der Waals surface area contributed by atoms with Crippen molar-refractivity contribution in [1.29, 1.82) is 0 Å². The average Bonchev–Trinajstić information content (AvgIpc) is 2.20. The molecule has 0 aromatic heterocycles. The molecule has 0 aliphatic rings. The maximum absolute atomic E-state index is 8.61. The molecule has 0 spiro atoms. The van der Waals surface area contributed by atoms with E-state index in [9.17, 15) is 0 Å². The zero-order valence-corrected chi connectivity index (χ0v) is 13.0. The Kier molecular flexibility index (Phi) is 7.67. The van der Waals surface area contributed by atoms with Crippen LogP contribution in [-0.2, 0) is 4.43 Å². The van der Waals surface area contributed by atoms with Gasteiger partial charge in [-0.05, 0) is 31.0 Å². The van der Waals surface area contributed by atoms with E-state index in [2.05, 4.69) is 46.0 Å². The van der Waals surface area contributed by atoms with E-state index in [1.807, 2.05) is 12.2 Å². The Balaban J connectivity index is 3.84. The molecule has 0 bridgehead atoms. The highest BCUT2D eigenvalue weighted by molar-refractivity contribution is 6.74. The Labute approximate surface area is 108 Å². The fourth-order valence-corrected chi connectivity index (χ4v) is 1.94. The zero-order chi connectivity index (χ0) is 13.4. The molecule has 0 aliphatic carbocycles. The number of hydrogen-bond donors (Lipinski definition) is 1. The van der Waals surface area contributed by atoms with Crippen LogP contribution in [0.25, 0.3) is 0 Å². The van der Waals surface area contributed by atoms with Crippen LogP contribution in [0.4, 0.5) is 0 Å². The predicted molar refractivity (Wildman–Crippen MR) is 77.7 cm³/mol. The molecule has 17 heavy (non-hydrogen) atoms. The Morgan fingerprint density at radius 3 is 2.24 bits per heavy atom. The summed E-state index contributed by atoms with van der Waals surface area (Å²) in [6.45, 7) is 12.2. The third-order valence-corrected chi connectivity index (χ3v) is 7.76. The molecule has 0 heterocycles. The van der Waals surface area contributed by atoms with Gasteiger partial charge in [-0.25, -0.2) is 0 Å². The lowest BCUT2D eigenvalue weighted by molar-refractivity contribution is 0.289. The second-order valence-corrected chi connectivity index (χ2v) is 10.6. The summed E-state index contributed by atoms with van der Waals surface area (Å²) in [6.07, 6.45) is 9.93. The molecular formula is C14H28O2Si. The van der Waals surface area contributed by atoms with Gasteiger partial charge in [0, 0.05) is 6.61 Å². The van der Waals surface area contributed by atoms with Gasteiger partial charge in [-0.2, -0.15) is 0 Å². The normalized spacial score (nSPS) is 14.0. The monoisotopic (exact) mass is 256 g/mol. The number of allylic oxidation sites excluding steroid dienone is 3. The average molecular weight is 256 g/mol. The Morgan fingerprint density at radius 1 is 1.12 bits per heavy atom. The lowest BCUT2D eigenvalue weighted by Gasteiger charge is -2.35. The first kappa shape index (κ1) is 16.6. The van der Waals surface area contributed by atoms with Crippen LogP contribution >= 0.6 is 0 Å². The number of unbranched alkanes of at least 4 members (excludes halogenated alkanes) is 1. The number of aliphatic hydroxyl groups excluding tert-OH is 1. The smallest absolute Gasteiger partial charge is 0.192 e. The van der Waals surface area contributed by atoms with Crippen LogP contribution in [-0.4, -0.2) is 26.6 Å². The molecule has 1 N–H and O–H groups in total. The molecular weight excluding hydrogens is 228 g/mol. The van der Waals surface area contributed by atoms with Crippen LogP contribution in [0, 0.1) is 0 Å². The summed E-state index contributed by atoms with van der Waals surface area (Å²) < 4.78 is 6.00. The summed E-state index contributed by atoms with van der Waals surface area (Å²) in [6, 6.07) is 0. The van der Waals surface area contributed by atoms with Gasteiger partial charge in [0.25, 0.3) is 0 Å². The summed E-state index contributed by atoms with van der Waals surface area (Å²) in [5.74, 6) is 0. The summed E-state index contributed by atoms with van der Waals surface area (Å²) in [5.41, 5.74) is 0. The fraction of sp³-hybridized carbons (Fsp3) is 0.714. The van der Waals surface area contributed by atoms with Crippen molar-refractivity contribution in [1.82, 2.24) is 0 Å². The Bertz CT molecular complexity index is 249. The van der Waals surface area contributed by atoms with Crippen LogP contribution in [0.5, 0.6) is 0 Å². The zero-order valence-electron chi connectivity index (χ0n) is 12.0. The quantitative estimate of drug-likeness (QED) is 0.425. The third-order valence-electron chi connectivity index (χ3n) is 3.26. The van der Waals surface area contributed by atoms with Gasteiger partial charge in [0.2, 0.25) is 0 Å². The predicted octanol–water partition coefficient (Wildman–Crippen LogP) is 3.89. The molecule has 0 aromatic carbocycles. The van der Waals surface area contributed by atoms with Crippen molar-refractivity contribution in [3.63, 3.8) is 0 Å². The Hall–Kier alpha value is -0.383. The molecule has 0 fully saturated rings. The molecule has 0 rings (SSSR count). The SMILES string of the molecule is CC(C)(C)[Si](C)(C)OC/C=C\C=C\CCCO. The highest BCUT2D eigenvalue weighted by atomic mass is 28.4. The van der Waals surface area contributed by atoms with Crippen molar-refractivity contribution < 1.29 is 9.53 Å². The molecule has 0 saturated heterocycles. The van der Waals surface area contributed by atoms with Crippen molar-refractivity contribution >= 4 is 8.32 Å². The van der Waals surface area contributed by atoms with E-state index in [1.54, 1.807) is 0 Å². The summed E-state index contributed by atoms with van der Waals surface area (Å²) >= 11 is 0. The minimum absolute atomic E-state index is 0.266. The second kappa shape index (κ2) is 7.85. The van der Waals surface area contributed by atoms with E-state index < -0.39 is 8.32 Å². The summed E-state index contributed by atoms with van der Waals surface area (Å²) in [5, 5.41) is 8.88. The minimum atomic E-state index is -1.59. The second-order valence-electron chi connectivity index (χ2n) is 5.79. The van der Waals surface area contributed by atoms with Crippen molar-refractivity contribution in [3.05, 3.63) is 24.3 Å². The van der Waals surface area contributed by atoms with Gasteiger partial charge in [0.15, 0.2) is 8.32 Å². The van der Waals surface area contributed by atoms with E-state index in [0.717, 1.165) is 12.8 Å². The lowest BCUT2D eigenvalue weighted by atomic mass is 10.2. The van der Waals surface area contributed by atoms with Crippen molar-refractivity contribution in [3.8, 4) is 0 Å². The number of rotatable bonds is 7. The van der Waals surface area contributed by atoms with Gasteiger partial charge in [-0.3, -0.25) is 0 Å². The first-order chi connectivity index (χ1) is 7.81. The van der Waals surface area contributed by atoms with Crippen molar-refractivity contribution in [2.75, 3.05) is 13.2 Å². The molecule has 0 atom stereocenters. The first-order valence-electron chi connectivity index (χ1n) is 6.38. The molecule has 0 amide bonds. The molecule has 2 nitrogen and oxygen atoms in total. The van der Waals surface area contributed by atoms with Crippen LogP contribution in [0.2, 0.25) is 18.1 Å². The molecule has 0 unspecified atom stereocenters. The number of aliphatic hydroxyl groups is 1. The van der Waals surface area contributed by atoms with Gasteiger partial charge >= 0.3 is 0 Å². The third kappa shape index (κ3) is 7.52. The molecule has 3 heteroatoms. The molecule has 0 aromatic rings. The molecule has 100 valence electrons. The van der Waals surface area contributed by atoms with E-state index in [-0.39, 0.29) is 11.6 Å². The van der Waals surface area contributed by atoms with E-state index >= 15 is 0 Å². The molecule has 0 aliphatic heterocycles. The highest BCUT2D eigenvalue weighted by Crippen LogP contribution is 2.36. The van der Waals surface area contributed by atoms with Crippen LogP contribution in [0.15, 0.2) is 24.3 Å². The van der Waals surface area contributed by atoms with Gasteiger partial charge in [0.05, 0.1) is 6.61 Å². The van der Waals surface area contributed by atoms with Crippen molar-refractivity contribution in [2.45, 2.75) is 51.7 Å². The number of hydrogen-bond acceptors (Lipinski definition) is 2. The van der Waals surface area contributed by atoms with E-state index in [1.165, 1.54) is 0 Å². The van der Waals surface area contributed by atoms with Gasteiger partial charge in [-0.15, -0.1) is 0 Å². The molecule has 0 radical (unpaired) electrons. The first-order valence-corrected chi connectivity index (χ1v) is 9.28. The van der Waals surface area contributed by atoms with Crippen LogP contribution in [0.3, 0.4) is 0 Å². The van der Waals surface area contributed by atoms with Crippen molar-refractivity contribution in [2.24, 2.45) is 0 Å². The minimum Gasteiger partial charge on any atom is -0.413 e. The van der Waals surface area contributed by atoms with Gasteiger partial charge in [-0.1, -0.05) is 45.1 Å². The maximum Gasteiger partial charge on any atom is 0.192 e. The maximum atomic E-state index is 8.61. The summed E-state index contributed by atoms with van der Waals surface area (Å²) in [7, 11) is -1.59. The van der Waals surface area contributed by atoms with Gasteiger partial charge < -0.3 is 9.53 Å². The van der Waals surface area contributed by atoms with Crippen LogP contribution < -0.4 is 0 Å². The lowest BCUT2D eigenvalue weighted by Crippen LogP contribution is -2.40. The topological polar surface area (TPSA) is 29.5 Å². The van der Waals surface area contributed by atoms with Gasteiger partial charge in [0.1, 0.15) is 0 Å². The highest BCUT2D eigenvalue weighted by Gasteiger charge is 2.36. The van der Waals surface area contributed by atoms with E-state index in [0.29, 0.717) is 6.61 Å². The van der Waals surface area contributed by atoms with E-state index in [4.69, 9.17) is 9.53 Å². The standard InChI is InChI=1S/C14H28O2Si/c1-14(2,3)17(4,5)16-13-11-9-7-6-8-10-12-15/h6-7,9,11,15H,8,10,12-13H2,1-5H3/b7-6+,11-9-. The molecule has 0 saturated carbocycles. The summed E-state index contributed by atoms with van der Waals surface area (Å²) in [4.78, 5) is 0. The largest absolute Gasteiger partial charge is 0.413 e.